The van der Waals surface area contributed by atoms with Crippen molar-refractivity contribution >= 4 is 59.8 Å². The van der Waals surface area contributed by atoms with Crippen LogP contribution >= 0.6 is 0 Å². The summed E-state index contributed by atoms with van der Waals surface area (Å²) in [6, 6.07) is 33.0. The summed E-state index contributed by atoms with van der Waals surface area (Å²) in [7, 11) is 0. The molecule has 0 N–H and O–H groups in total. The summed E-state index contributed by atoms with van der Waals surface area (Å²) >= 11 is 0. The molecule has 1 aliphatic heterocycles. The Kier molecular flexibility index (Phi) is 4.90. The number of imidazole rings is 1. The molecule has 9 aromatic rings. The Bertz CT molecular complexity index is 2990. The molecule has 0 unspecified atom stereocenters. The third-order valence-electron chi connectivity index (χ3n) is 10.1. The molecule has 0 bridgehead atoms. The van der Waals surface area contributed by atoms with Crippen molar-refractivity contribution in [3.8, 4) is 22.3 Å². The van der Waals surface area contributed by atoms with Crippen LogP contribution in [0.2, 0.25) is 0 Å². The van der Waals surface area contributed by atoms with Gasteiger partial charge in [0.2, 0.25) is 0 Å². The smallest absolute Gasteiger partial charge is 0.264 e. The summed E-state index contributed by atoms with van der Waals surface area (Å²) in [5.41, 5.74) is 9.65. The molecule has 0 aliphatic carbocycles. The van der Waals surface area contributed by atoms with E-state index < -0.39 is 0 Å². The van der Waals surface area contributed by atoms with E-state index in [1.807, 2.05) is 30.3 Å². The summed E-state index contributed by atoms with van der Waals surface area (Å²) in [4.78, 5) is 37.5. The lowest BCUT2D eigenvalue weighted by molar-refractivity contribution is 0.738. The maximum atomic E-state index is 14.3. The topological polar surface area (TPSA) is 68.7 Å². The van der Waals surface area contributed by atoms with E-state index in [0.717, 1.165) is 71.1 Å². The highest BCUT2D eigenvalue weighted by Crippen LogP contribution is 2.40. The highest BCUT2D eigenvalue weighted by atomic mass is 16.1. The molecule has 0 fully saturated rings. The van der Waals surface area contributed by atoms with Crippen LogP contribution in [0.5, 0.6) is 0 Å². The molecule has 0 saturated carbocycles. The third kappa shape index (κ3) is 3.20. The fourth-order valence-corrected chi connectivity index (χ4v) is 7.72. The normalized spacial score (nSPS) is 13.2. The highest BCUT2D eigenvalue weighted by Gasteiger charge is 2.21. The molecule has 0 spiro atoms. The van der Waals surface area contributed by atoms with Gasteiger partial charge < -0.3 is 0 Å². The number of fused-ring (bicyclic) bond motifs is 6. The predicted molar refractivity (Wildman–Crippen MR) is 186 cm³/mol. The van der Waals surface area contributed by atoms with E-state index >= 15 is 0 Å². The molecule has 6 heteroatoms. The van der Waals surface area contributed by atoms with Gasteiger partial charge in [-0.3, -0.25) is 23.5 Å². The molecule has 10 rings (SSSR count). The van der Waals surface area contributed by atoms with Crippen molar-refractivity contribution in [2.75, 3.05) is 6.54 Å². The quantitative estimate of drug-likeness (QED) is 0.210. The van der Waals surface area contributed by atoms with Crippen LogP contribution < -0.4 is 16.6 Å². The van der Waals surface area contributed by atoms with Crippen LogP contribution in [0.25, 0.3) is 82.0 Å². The van der Waals surface area contributed by atoms with Crippen molar-refractivity contribution in [3.05, 3.63) is 134 Å². The maximum Gasteiger partial charge on any atom is 0.264 e. The Morgan fingerprint density at radius 2 is 1.26 bits per heavy atom. The van der Waals surface area contributed by atoms with Crippen molar-refractivity contribution in [2.24, 2.45) is 4.99 Å². The summed E-state index contributed by atoms with van der Waals surface area (Å²) in [6.07, 6.45) is 0. The summed E-state index contributed by atoms with van der Waals surface area (Å²) in [6.45, 7) is 5.48. The van der Waals surface area contributed by atoms with E-state index in [0.29, 0.717) is 29.5 Å². The minimum Gasteiger partial charge on any atom is -0.291 e. The van der Waals surface area contributed by atoms with Gasteiger partial charge in [-0.1, -0.05) is 60.7 Å². The van der Waals surface area contributed by atoms with Crippen LogP contribution in [0.3, 0.4) is 0 Å². The molecule has 3 aromatic heterocycles. The molecule has 0 radical (unpaired) electrons. The van der Waals surface area contributed by atoms with Crippen molar-refractivity contribution in [1.82, 2.24) is 14.0 Å². The van der Waals surface area contributed by atoms with E-state index in [-0.39, 0.29) is 11.1 Å². The largest absolute Gasteiger partial charge is 0.291 e. The van der Waals surface area contributed by atoms with Crippen molar-refractivity contribution in [1.29, 1.82) is 0 Å². The second kappa shape index (κ2) is 8.86. The van der Waals surface area contributed by atoms with Crippen molar-refractivity contribution in [2.45, 2.75) is 20.4 Å². The van der Waals surface area contributed by atoms with Crippen LogP contribution in [-0.4, -0.2) is 20.5 Å². The third-order valence-corrected chi connectivity index (χ3v) is 10.1. The first-order valence-electron chi connectivity index (χ1n) is 15.6. The van der Waals surface area contributed by atoms with E-state index in [1.165, 1.54) is 11.1 Å². The average Bonchev–Trinajstić information content (AvgIpc) is 3.73. The Morgan fingerprint density at radius 3 is 2.02 bits per heavy atom. The SMILES string of the molecule is Cc1ccc(-c2ccc3nc4c5ccc(-c6ccc7c8n(c(=O)c9cccc6c97)CCN=8)c6cccc(c(=O)n4c3c2)c65)cc1C. The van der Waals surface area contributed by atoms with Crippen LogP contribution in [0.1, 0.15) is 11.1 Å². The standard InChI is InChI=1S/C40H26N4O2/c1-21-9-10-23(19-22(21)2)24-11-16-33-34(20-24)44-38(42-33)30-15-13-26(28-6-4-8-32(36(28)30)40(44)46)25-12-14-29-35-27(25)5-3-7-31(35)39(45)43-18-17-41-37(29)43/h3-16,19-20H,17-18H2,1-2H3. The van der Waals surface area contributed by atoms with Gasteiger partial charge in [-0.25, -0.2) is 4.98 Å². The lowest BCUT2D eigenvalue weighted by Gasteiger charge is -2.15. The molecule has 6 nitrogen and oxygen atoms in total. The molecular weight excluding hydrogens is 568 g/mol. The Labute approximate surface area is 261 Å². The van der Waals surface area contributed by atoms with Crippen LogP contribution in [0, 0.1) is 13.8 Å². The van der Waals surface area contributed by atoms with Crippen molar-refractivity contribution in [3.63, 3.8) is 0 Å². The molecule has 0 amide bonds. The number of hydrogen-bond donors (Lipinski definition) is 0. The minimum atomic E-state index is -0.0770. The summed E-state index contributed by atoms with van der Waals surface area (Å²) < 4.78 is 3.57. The second-order valence-corrected chi connectivity index (χ2v) is 12.5. The van der Waals surface area contributed by atoms with Gasteiger partial charge in [0, 0.05) is 38.9 Å². The molecule has 218 valence electrons. The molecule has 0 saturated heterocycles. The van der Waals surface area contributed by atoms with Gasteiger partial charge >= 0.3 is 0 Å². The number of aryl methyl sites for hydroxylation is 2. The van der Waals surface area contributed by atoms with E-state index in [9.17, 15) is 9.59 Å². The number of benzene rings is 6. The second-order valence-electron chi connectivity index (χ2n) is 12.5. The molecule has 4 heterocycles. The van der Waals surface area contributed by atoms with Gasteiger partial charge in [0.15, 0.2) is 0 Å². The number of hydrogen-bond acceptors (Lipinski definition) is 4. The van der Waals surface area contributed by atoms with Crippen LogP contribution in [-0.2, 0) is 6.54 Å². The van der Waals surface area contributed by atoms with Crippen molar-refractivity contribution < 1.29 is 0 Å². The first-order valence-corrected chi connectivity index (χ1v) is 15.6. The Balaban J connectivity index is 1.26. The minimum absolute atomic E-state index is 0.00793. The first kappa shape index (κ1) is 25.4. The predicted octanol–water partition coefficient (Wildman–Crippen LogP) is 7.36. The average molecular weight is 595 g/mol. The molecule has 1 aliphatic rings. The maximum absolute atomic E-state index is 14.3. The van der Waals surface area contributed by atoms with Gasteiger partial charge in [-0.05, 0) is 94.4 Å². The molecular formula is C40H26N4O2. The lowest BCUT2D eigenvalue weighted by atomic mass is 9.90. The molecule has 46 heavy (non-hydrogen) atoms. The zero-order valence-electron chi connectivity index (χ0n) is 25.3. The van der Waals surface area contributed by atoms with E-state index in [2.05, 4.69) is 85.6 Å². The Morgan fingerprint density at radius 1 is 0.609 bits per heavy atom. The fraction of sp³-hybridized carbons (Fsp3) is 0.100. The molecule has 6 aromatic carbocycles. The molecule has 0 atom stereocenters. The first-order chi connectivity index (χ1) is 22.5. The summed E-state index contributed by atoms with van der Waals surface area (Å²) in [5, 5.41) is 7.15. The number of pyridine rings is 2. The van der Waals surface area contributed by atoms with Crippen LogP contribution in [0.15, 0.2) is 112 Å². The number of nitrogens with zero attached hydrogens (tertiary/aromatic N) is 4. The highest BCUT2D eigenvalue weighted by molar-refractivity contribution is 6.22. The monoisotopic (exact) mass is 594 g/mol. The fourth-order valence-electron chi connectivity index (χ4n) is 7.72. The Hall–Kier alpha value is -5.88. The van der Waals surface area contributed by atoms with Gasteiger partial charge in [-0.15, -0.1) is 0 Å². The lowest BCUT2D eigenvalue weighted by Crippen LogP contribution is -2.30. The van der Waals surface area contributed by atoms with Gasteiger partial charge in [0.1, 0.15) is 11.1 Å². The van der Waals surface area contributed by atoms with Gasteiger partial charge in [0.05, 0.1) is 17.6 Å². The zero-order valence-corrected chi connectivity index (χ0v) is 25.3. The van der Waals surface area contributed by atoms with E-state index in [1.54, 1.807) is 8.97 Å². The van der Waals surface area contributed by atoms with E-state index in [4.69, 9.17) is 4.98 Å². The zero-order chi connectivity index (χ0) is 30.8. The summed E-state index contributed by atoms with van der Waals surface area (Å²) in [5.74, 6) is 0. The van der Waals surface area contributed by atoms with Crippen LogP contribution in [0.4, 0.5) is 0 Å². The van der Waals surface area contributed by atoms with Gasteiger partial charge in [-0.2, -0.15) is 0 Å². The number of aromatic nitrogens is 3. The number of rotatable bonds is 2. The van der Waals surface area contributed by atoms with Gasteiger partial charge in [0.25, 0.3) is 11.1 Å².